The fourth-order valence-corrected chi connectivity index (χ4v) is 3.78. The van der Waals surface area contributed by atoms with E-state index < -0.39 is 5.97 Å². The summed E-state index contributed by atoms with van der Waals surface area (Å²) in [6.07, 6.45) is 3.10. The molecule has 1 aromatic carbocycles. The molecule has 1 aliphatic rings. The van der Waals surface area contributed by atoms with Gasteiger partial charge in [-0.25, -0.2) is 19.2 Å². The highest BCUT2D eigenvalue weighted by Crippen LogP contribution is 2.33. The van der Waals surface area contributed by atoms with Crippen LogP contribution in [0.15, 0.2) is 48.8 Å². The minimum Gasteiger partial charge on any atom is -0.473 e. The predicted molar refractivity (Wildman–Crippen MR) is 117 cm³/mol. The van der Waals surface area contributed by atoms with Crippen molar-refractivity contribution in [2.75, 3.05) is 0 Å². The van der Waals surface area contributed by atoms with E-state index in [1.165, 1.54) is 18.3 Å². The lowest BCUT2D eigenvalue weighted by Crippen LogP contribution is -2.27. The number of fused-ring (bicyclic) bond motifs is 1. The summed E-state index contributed by atoms with van der Waals surface area (Å²) < 4.78 is 23.5. The number of ether oxygens (including phenoxy) is 1. The quantitative estimate of drug-likeness (QED) is 0.521. The first-order chi connectivity index (χ1) is 15.4. The number of amides is 1. The molecule has 2 aromatic heterocycles. The largest absolute Gasteiger partial charge is 0.473 e. The SMILES string of the molecule is Cc1cc(C(C)N2Cc3c(ccnc3C(=O)OP)C2=O)cnc1OCc1ccc(F)cc1. The fourth-order valence-electron chi connectivity index (χ4n) is 3.67. The molecule has 3 aromatic rings. The second kappa shape index (κ2) is 9.01. The number of hydrogen-bond donors (Lipinski definition) is 0. The Morgan fingerprint density at radius 3 is 2.69 bits per heavy atom. The highest BCUT2D eigenvalue weighted by molar-refractivity contribution is 7.10. The number of carbonyl (C=O) groups excluding carboxylic acids is 2. The van der Waals surface area contributed by atoms with E-state index in [1.807, 2.05) is 29.4 Å². The predicted octanol–water partition coefficient (Wildman–Crippen LogP) is 4.17. The first-order valence-corrected chi connectivity index (χ1v) is 10.4. The van der Waals surface area contributed by atoms with Crippen LogP contribution in [0.25, 0.3) is 0 Å². The lowest BCUT2D eigenvalue weighted by Gasteiger charge is -2.25. The molecule has 3 heterocycles. The van der Waals surface area contributed by atoms with Gasteiger partial charge in [0.2, 0.25) is 5.88 Å². The second-order valence-electron chi connectivity index (χ2n) is 7.51. The molecule has 0 saturated carbocycles. The average Bonchev–Trinajstić information content (AvgIpc) is 3.15. The lowest BCUT2D eigenvalue weighted by molar-refractivity contribution is 0.0708. The third-order valence-corrected chi connectivity index (χ3v) is 5.68. The van der Waals surface area contributed by atoms with Gasteiger partial charge in [-0.1, -0.05) is 12.1 Å². The van der Waals surface area contributed by atoms with E-state index in [4.69, 9.17) is 9.26 Å². The molecule has 164 valence electrons. The Hall–Kier alpha value is -3.38. The zero-order chi connectivity index (χ0) is 22.8. The van der Waals surface area contributed by atoms with Gasteiger partial charge in [-0.3, -0.25) is 4.79 Å². The number of carbonyl (C=O) groups is 2. The number of nitrogens with zero attached hydrogens (tertiary/aromatic N) is 3. The molecule has 1 amide bonds. The Morgan fingerprint density at radius 2 is 2.00 bits per heavy atom. The zero-order valence-corrected chi connectivity index (χ0v) is 18.7. The van der Waals surface area contributed by atoms with Crippen molar-refractivity contribution in [1.82, 2.24) is 14.9 Å². The highest BCUT2D eigenvalue weighted by Gasteiger charge is 2.35. The van der Waals surface area contributed by atoms with Crippen LogP contribution in [-0.4, -0.2) is 26.7 Å². The Labute approximate surface area is 186 Å². The van der Waals surface area contributed by atoms with Crippen LogP contribution in [0.3, 0.4) is 0 Å². The molecule has 0 N–H and O–H groups in total. The number of hydrogen-bond acceptors (Lipinski definition) is 6. The summed E-state index contributed by atoms with van der Waals surface area (Å²) in [5, 5.41) is 0. The van der Waals surface area contributed by atoms with Crippen molar-refractivity contribution in [2.45, 2.75) is 33.0 Å². The first kappa shape index (κ1) is 21.8. The summed E-state index contributed by atoms with van der Waals surface area (Å²) >= 11 is 0. The number of benzene rings is 1. The van der Waals surface area contributed by atoms with Gasteiger partial charge in [-0.2, -0.15) is 0 Å². The van der Waals surface area contributed by atoms with Gasteiger partial charge in [-0.15, -0.1) is 0 Å². The second-order valence-corrected chi connectivity index (χ2v) is 7.74. The van der Waals surface area contributed by atoms with Gasteiger partial charge in [0.25, 0.3) is 5.91 Å². The first-order valence-electron chi connectivity index (χ1n) is 9.92. The van der Waals surface area contributed by atoms with Gasteiger partial charge in [0.05, 0.1) is 15.5 Å². The number of halogens is 1. The average molecular weight is 453 g/mol. The Balaban J connectivity index is 1.50. The summed E-state index contributed by atoms with van der Waals surface area (Å²) in [5.41, 5.74) is 3.62. The van der Waals surface area contributed by atoms with Gasteiger partial charge >= 0.3 is 5.97 Å². The molecule has 2 atom stereocenters. The van der Waals surface area contributed by atoms with Crippen molar-refractivity contribution < 1.29 is 23.2 Å². The summed E-state index contributed by atoms with van der Waals surface area (Å²) in [6, 6.07) is 9.34. The lowest BCUT2D eigenvalue weighted by atomic mass is 10.1. The third-order valence-electron chi connectivity index (χ3n) is 5.47. The molecule has 7 nitrogen and oxygen atoms in total. The summed E-state index contributed by atoms with van der Waals surface area (Å²) in [6.45, 7) is 4.30. The van der Waals surface area contributed by atoms with Crippen molar-refractivity contribution in [3.8, 4) is 5.88 Å². The highest BCUT2D eigenvalue weighted by atomic mass is 31.0. The fraction of sp³-hybridized carbons (Fsp3) is 0.217. The van der Waals surface area contributed by atoms with Gasteiger partial charge in [0.1, 0.15) is 12.4 Å². The number of aromatic nitrogens is 2. The molecule has 0 fully saturated rings. The summed E-state index contributed by atoms with van der Waals surface area (Å²) in [5.74, 6) is -0.610. The van der Waals surface area contributed by atoms with E-state index in [-0.39, 0.29) is 36.6 Å². The maximum Gasteiger partial charge on any atom is 0.359 e. The minimum atomic E-state index is -0.602. The topological polar surface area (TPSA) is 81.6 Å². The van der Waals surface area contributed by atoms with Crippen LogP contribution in [-0.2, 0) is 17.7 Å². The Bertz CT molecular complexity index is 1190. The van der Waals surface area contributed by atoms with Gasteiger partial charge in [0, 0.05) is 35.6 Å². The molecule has 0 aliphatic carbocycles. The van der Waals surface area contributed by atoms with Crippen molar-refractivity contribution in [3.05, 3.63) is 88.1 Å². The zero-order valence-electron chi connectivity index (χ0n) is 17.5. The summed E-state index contributed by atoms with van der Waals surface area (Å²) in [4.78, 5) is 35.2. The molecular formula is C23H21FN3O4P. The van der Waals surface area contributed by atoms with Gasteiger partial charge < -0.3 is 14.2 Å². The maximum atomic E-state index is 13.0. The molecule has 2 unspecified atom stereocenters. The van der Waals surface area contributed by atoms with E-state index >= 15 is 0 Å². The Kier molecular flexibility index (Phi) is 6.15. The van der Waals surface area contributed by atoms with Crippen LogP contribution in [0.5, 0.6) is 5.88 Å². The summed E-state index contributed by atoms with van der Waals surface area (Å²) in [7, 11) is 1.90. The molecular weight excluding hydrogens is 432 g/mol. The van der Waals surface area contributed by atoms with E-state index in [2.05, 4.69) is 9.97 Å². The monoisotopic (exact) mass is 453 g/mol. The van der Waals surface area contributed by atoms with Crippen LogP contribution >= 0.6 is 9.47 Å². The molecule has 1 aliphatic heterocycles. The van der Waals surface area contributed by atoms with Crippen LogP contribution in [0, 0.1) is 12.7 Å². The van der Waals surface area contributed by atoms with Gasteiger partial charge in [0.15, 0.2) is 5.69 Å². The standard InChI is InChI=1S/C23H21FN3O4P/c1-13-9-16(10-26-21(13)30-12-15-3-5-17(24)6-4-15)14(2)27-11-19-18(22(27)28)7-8-25-20(19)23(29)31-32/h3-10,14H,11-12,32H2,1-2H3. The molecule has 4 rings (SSSR count). The maximum absolute atomic E-state index is 13.0. The third kappa shape index (κ3) is 4.18. The molecule has 0 bridgehead atoms. The molecule has 9 heteroatoms. The van der Waals surface area contributed by atoms with Gasteiger partial charge in [-0.05, 0) is 49.2 Å². The van der Waals surface area contributed by atoms with E-state index in [0.29, 0.717) is 17.0 Å². The van der Waals surface area contributed by atoms with Crippen LogP contribution < -0.4 is 4.74 Å². The minimum absolute atomic E-state index is 0.138. The smallest absolute Gasteiger partial charge is 0.359 e. The van der Waals surface area contributed by atoms with E-state index in [1.54, 1.807) is 29.3 Å². The van der Waals surface area contributed by atoms with Crippen molar-refractivity contribution >= 4 is 21.3 Å². The van der Waals surface area contributed by atoms with Crippen molar-refractivity contribution in [1.29, 1.82) is 0 Å². The van der Waals surface area contributed by atoms with Crippen LogP contribution in [0.1, 0.15) is 56.1 Å². The number of rotatable bonds is 6. The normalized spacial score (nSPS) is 13.6. The molecule has 0 spiro atoms. The number of pyridine rings is 2. The van der Waals surface area contributed by atoms with Crippen LogP contribution in [0.2, 0.25) is 0 Å². The Morgan fingerprint density at radius 1 is 1.25 bits per heavy atom. The van der Waals surface area contributed by atoms with E-state index in [0.717, 1.165) is 16.7 Å². The molecule has 0 radical (unpaired) electrons. The number of aryl methyl sites for hydroxylation is 1. The van der Waals surface area contributed by atoms with E-state index in [9.17, 15) is 14.0 Å². The van der Waals surface area contributed by atoms with Crippen LogP contribution in [0.4, 0.5) is 4.39 Å². The molecule has 0 saturated heterocycles. The van der Waals surface area contributed by atoms with Crippen molar-refractivity contribution in [2.24, 2.45) is 0 Å². The van der Waals surface area contributed by atoms with Crippen molar-refractivity contribution in [3.63, 3.8) is 0 Å². The molecule has 32 heavy (non-hydrogen) atoms.